The molecule has 3 aromatic heterocycles. The lowest BCUT2D eigenvalue weighted by molar-refractivity contribution is 0.712. The van der Waals surface area contributed by atoms with Gasteiger partial charge in [0.2, 0.25) is 5.95 Å². The number of nitrogens with two attached hydrogens (primary N) is 1. The van der Waals surface area contributed by atoms with E-state index in [1.54, 1.807) is 0 Å². The fourth-order valence-electron chi connectivity index (χ4n) is 2.52. The molecule has 7 nitrogen and oxygen atoms in total. The molecule has 106 valence electrons. The molecule has 0 saturated carbocycles. The van der Waals surface area contributed by atoms with Crippen molar-refractivity contribution in [2.24, 2.45) is 14.1 Å². The third-order valence-corrected chi connectivity index (χ3v) is 3.82. The summed E-state index contributed by atoms with van der Waals surface area (Å²) in [4.78, 5) is 4.47. The third kappa shape index (κ3) is 1.70. The number of fused-ring (bicyclic) bond motifs is 1. The van der Waals surface area contributed by atoms with Crippen molar-refractivity contribution in [1.29, 1.82) is 0 Å². The predicted molar refractivity (Wildman–Crippen MR) is 77.3 cm³/mol. The van der Waals surface area contributed by atoms with Gasteiger partial charge >= 0.3 is 0 Å². The van der Waals surface area contributed by atoms with Gasteiger partial charge in [-0.3, -0.25) is 13.9 Å². The number of nitrogens with zero attached hydrogens (tertiary/aromatic N) is 6. The fourth-order valence-corrected chi connectivity index (χ4v) is 2.52. The van der Waals surface area contributed by atoms with Crippen molar-refractivity contribution in [3.8, 4) is 0 Å². The molecule has 0 aliphatic rings. The minimum absolute atomic E-state index is 0.519. The Morgan fingerprint density at radius 1 is 1.25 bits per heavy atom. The summed E-state index contributed by atoms with van der Waals surface area (Å²) in [6.45, 7) is 4.78. The van der Waals surface area contributed by atoms with Gasteiger partial charge in [0.1, 0.15) is 5.52 Å². The minimum atomic E-state index is 0.519. The van der Waals surface area contributed by atoms with Crippen molar-refractivity contribution in [2.45, 2.75) is 26.8 Å². The molecule has 7 heteroatoms. The highest BCUT2D eigenvalue weighted by atomic mass is 15.3. The Morgan fingerprint density at radius 3 is 2.60 bits per heavy atom. The van der Waals surface area contributed by atoms with Crippen LogP contribution < -0.4 is 5.73 Å². The van der Waals surface area contributed by atoms with Crippen molar-refractivity contribution >= 4 is 17.1 Å². The van der Waals surface area contributed by atoms with Crippen molar-refractivity contribution in [3.63, 3.8) is 0 Å². The summed E-state index contributed by atoms with van der Waals surface area (Å²) in [6.07, 6.45) is 2.72. The quantitative estimate of drug-likeness (QED) is 0.772. The Kier molecular flexibility index (Phi) is 2.77. The van der Waals surface area contributed by atoms with Crippen LogP contribution in [0.2, 0.25) is 0 Å². The van der Waals surface area contributed by atoms with Gasteiger partial charge in [0.15, 0.2) is 5.65 Å². The number of aryl methyl sites for hydroxylation is 3. The van der Waals surface area contributed by atoms with Crippen LogP contribution in [0, 0.1) is 6.92 Å². The molecule has 0 bridgehead atoms. The Morgan fingerprint density at radius 2 is 2.00 bits per heavy atom. The second kappa shape index (κ2) is 4.36. The second-order valence-corrected chi connectivity index (χ2v) is 5.03. The van der Waals surface area contributed by atoms with Crippen LogP contribution in [0.1, 0.15) is 23.9 Å². The maximum atomic E-state index is 6.08. The average molecular weight is 273 g/mol. The Bertz CT molecular complexity index is 774. The summed E-state index contributed by atoms with van der Waals surface area (Å²) in [5, 5.41) is 8.77. The number of imidazole rings is 1. The molecule has 2 N–H and O–H groups in total. The summed E-state index contributed by atoms with van der Waals surface area (Å²) in [5.74, 6) is 0.519. The smallest absolute Gasteiger partial charge is 0.202 e. The molecule has 0 unspecified atom stereocenters. The SMILES string of the molecule is CCc1nn(C)c2c1nc(N)n2Cc1cnn(C)c1C. The van der Waals surface area contributed by atoms with E-state index in [1.165, 1.54) is 0 Å². The van der Waals surface area contributed by atoms with E-state index in [0.717, 1.165) is 34.5 Å². The summed E-state index contributed by atoms with van der Waals surface area (Å²) in [6, 6.07) is 0. The fraction of sp³-hybridized carbons (Fsp3) is 0.462. The molecule has 3 heterocycles. The van der Waals surface area contributed by atoms with Gasteiger partial charge in [0.05, 0.1) is 18.4 Å². The average Bonchev–Trinajstić information content (AvgIpc) is 3.01. The molecule has 0 aliphatic carbocycles. The first kappa shape index (κ1) is 12.7. The normalized spacial score (nSPS) is 11.6. The molecule has 0 atom stereocenters. The zero-order valence-electron chi connectivity index (χ0n) is 12.3. The number of aromatic nitrogens is 6. The number of hydrogen-bond donors (Lipinski definition) is 1. The zero-order valence-corrected chi connectivity index (χ0v) is 12.3. The van der Waals surface area contributed by atoms with E-state index in [0.29, 0.717) is 12.5 Å². The number of nitrogen functional groups attached to an aromatic ring is 1. The van der Waals surface area contributed by atoms with Crippen LogP contribution in [0.4, 0.5) is 5.95 Å². The lowest BCUT2D eigenvalue weighted by atomic mass is 10.2. The van der Waals surface area contributed by atoms with Crippen LogP contribution in [0.5, 0.6) is 0 Å². The van der Waals surface area contributed by atoms with E-state index in [4.69, 9.17) is 5.73 Å². The molecule has 3 rings (SSSR count). The molecule has 0 aliphatic heterocycles. The zero-order chi connectivity index (χ0) is 14.4. The first-order valence-electron chi connectivity index (χ1n) is 6.68. The van der Waals surface area contributed by atoms with Crippen molar-refractivity contribution in [1.82, 2.24) is 29.1 Å². The monoisotopic (exact) mass is 273 g/mol. The summed E-state index contributed by atoms with van der Waals surface area (Å²) in [5.41, 5.74) is 11.2. The van der Waals surface area contributed by atoms with Gasteiger partial charge in [-0.15, -0.1) is 0 Å². The van der Waals surface area contributed by atoms with Gasteiger partial charge < -0.3 is 5.73 Å². The van der Waals surface area contributed by atoms with Crippen LogP contribution in [0.15, 0.2) is 6.20 Å². The molecule has 0 radical (unpaired) electrons. The topological polar surface area (TPSA) is 79.5 Å². The maximum absolute atomic E-state index is 6.08. The Labute approximate surface area is 117 Å². The van der Waals surface area contributed by atoms with Gasteiger partial charge in [-0.1, -0.05) is 6.92 Å². The van der Waals surface area contributed by atoms with Crippen LogP contribution >= 0.6 is 0 Å². The molecule has 0 fully saturated rings. The summed E-state index contributed by atoms with van der Waals surface area (Å²) < 4.78 is 5.70. The van der Waals surface area contributed by atoms with E-state index in [9.17, 15) is 0 Å². The van der Waals surface area contributed by atoms with E-state index >= 15 is 0 Å². The van der Waals surface area contributed by atoms with Crippen LogP contribution in [-0.2, 0) is 27.1 Å². The standard InChI is InChI=1S/C13H19N7/c1-5-10-11-12(19(4)17-10)20(13(14)16-11)7-9-6-15-18(3)8(9)2/h6H,5,7H2,1-4H3,(H2,14,16). The predicted octanol–water partition coefficient (Wildman–Crippen LogP) is 1.00. The molecule has 20 heavy (non-hydrogen) atoms. The molecule has 0 amide bonds. The van der Waals surface area contributed by atoms with Gasteiger partial charge in [-0.05, 0) is 13.3 Å². The van der Waals surface area contributed by atoms with Crippen molar-refractivity contribution in [2.75, 3.05) is 5.73 Å². The van der Waals surface area contributed by atoms with E-state index < -0.39 is 0 Å². The molecular weight excluding hydrogens is 254 g/mol. The first-order valence-corrected chi connectivity index (χ1v) is 6.68. The maximum Gasteiger partial charge on any atom is 0.202 e. The summed E-state index contributed by atoms with van der Waals surface area (Å²) >= 11 is 0. The van der Waals surface area contributed by atoms with Gasteiger partial charge in [-0.2, -0.15) is 10.2 Å². The van der Waals surface area contributed by atoms with Gasteiger partial charge in [-0.25, -0.2) is 4.98 Å². The van der Waals surface area contributed by atoms with E-state index in [-0.39, 0.29) is 0 Å². The highest BCUT2D eigenvalue weighted by molar-refractivity contribution is 5.77. The number of hydrogen-bond acceptors (Lipinski definition) is 4. The lowest BCUT2D eigenvalue weighted by Crippen LogP contribution is -2.08. The van der Waals surface area contributed by atoms with Crippen LogP contribution in [-0.4, -0.2) is 29.1 Å². The number of rotatable bonds is 3. The van der Waals surface area contributed by atoms with Crippen LogP contribution in [0.25, 0.3) is 11.2 Å². The Balaban J connectivity index is 2.14. The van der Waals surface area contributed by atoms with Crippen molar-refractivity contribution < 1.29 is 0 Å². The van der Waals surface area contributed by atoms with Crippen LogP contribution in [0.3, 0.4) is 0 Å². The van der Waals surface area contributed by atoms with E-state index in [2.05, 4.69) is 22.1 Å². The van der Waals surface area contributed by atoms with Gasteiger partial charge in [0, 0.05) is 25.4 Å². The molecule has 0 aromatic carbocycles. The third-order valence-electron chi connectivity index (χ3n) is 3.82. The Hall–Kier alpha value is -2.31. The summed E-state index contributed by atoms with van der Waals surface area (Å²) in [7, 11) is 3.86. The highest BCUT2D eigenvalue weighted by Crippen LogP contribution is 2.23. The molecular formula is C13H19N7. The molecule has 3 aromatic rings. The highest BCUT2D eigenvalue weighted by Gasteiger charge is 2.18. The molecule has 0 spiro atoms. The largest absolute Gasteiger partial charge is 0.369 e. The lowest BCUT2D eigenvalue weighted by Gasteiger charge is -2.06. The van der Waals surface area contributed by atoms with Gasteiger partial charge in [0.25, 0.3) is 0 Å². The van der Waals surface area contributed by atoms with E-state index in [1.807, 2.05) is 41.1 Å². The number of anilines is 1. The van der Waals surface area contributed by atoms with Crippen molar-refractivity contribution in [3.05, 3.63) is 23.1 Å². The first-order chi connectivity index (χ1) is 9.52. The molecule has 0 saturated heterocycles. The second-order valence-electron chi connectivity index (χ2n) is 5.03. The minimum Gasteiger partial charge on any atom is -0.369 e.